The second kappa shape index (κ2) is 2.67. The lowest BCUT2D eigenvalue weighted by atomic mass is 10.0. The highest BCUT2D eigenvalue weighted by atomic mass is 14.1. The minimum absolute atomic E-state index is 0.523. The monoisotopic (exact) mass is 120 g/mol. The highest BCUT2D eigenvalue weighted by Gasteiger charge is 2.06. The van der Waals surface area contributed by atoms with E-state index in [-0.39, 0.29) is 0 Å². The Morgan fingerprint density at radius 2 is 2.56 bits per heavy atom. The van der Waals surface area contributed by atoms with Crippen LogP contribution in [0.3, 0.4) is 0 Å². The van der Waals surface area contributed by atoms with Crippen molar-refractivity contribution < 1.29 is 0 Å². The number of rotatable bonds is 2. The standard InChI is InChI=1S/C9H12/c1-3-8-6-5-7-9(8)4-2/h3,5-8H,1,4H2,2H3. The molecule has 0 aliphatic heterocycles. The predicted octanol–water partition coefficient (Wildman–Crippen LogP) is 2.69. The molecule has 0 spiro atoms. The Balaban J connectivity index is 2.65. The molecule has 1 aliphatic rings. The number of hydrogen-bond donors (Lipinski definition) is 0. The summed E-state index contributed by atoms with van der Waals surface area (Å²) in [5, 5.41) is 0. The van der Waals surface area contributed by atoms with E-state index in [0.717, 1.165) is 6.42 Å². The van der Waals surface area contributed by atoms with Crippen molar-refractivity contribution in [1.82, 2.24) is 0 Å². The van der Waals surface area contributed by atoms with Gasteiger partial charge in [-0.2, -0.15) is 0 Å². The van der Waals surface area contributed by atoms with Gasteiger partial charge in [-0.15, -0.1) is 6.58 Å². The first-order chi connectivity index (χ1) is 4.38. The number of allylic oxidation sites excluding steroid dienone is 5. The zero-order chi connectivity index (χ0) is 6.69. The maximum Gasteiger partial charge on any atom is 0.0160 e. The number of hydrogen-bond acceptors (Lipinski definition) is 0. The first kappa shape index (κ1) is 6.34. The van der Waals surface area contributed by atoms with Crippen LogP contribution in [0.1, 0.15) is 13.3 Å². The third kappa shape index (κ3) is 1.13. The molecule has 1 atom stereocenters. The first-order valence-corrected chi connectivity index (χ1v) is 3.38. The van der Waals surface area contributed by atoms with Gasteiger partial charge in [-0.05, 0) is 6.42 Å². The van der Waals surface area contributed by atoms with Gasteiger partial charge >= 0.3 is 0 Å². The molecule has 0 saturated carbocycles. The van der Waals surface area contributed by atoms with Crippen molar-refractivity contribution in [3.05, 3.63) is 36.5 Å². The highest BCUT2D eigenvalue weighted by Crippen LogP contribution is 2.22. The van der Waals surface area contributed by atoms with Crippen LogP contribution >= 0.6 is 0 Å². The molecule has 0 amide bonds. The largest absolute Gasteiger partial charge is 0.102 e. The molecular formula is C9H12. The van der Waals surface area contributed by atoms with Crippen molar-refractivity contribution in [3.8, 4) is 0 Å². The van der Waals surface area contributed by atoms with E-state index in [2.05, 4.69) is 31.7 Å². The second-order valence-corrected chi connectivity index (χ2v) is 2.24. The molecule has 0 N–H and O–H groups in total. The predicted molar refractivity (Wildman–Crippen MR) is 41.2 cm³/mol. The molecule has 0 aromatic rings. The van der Waals surface area contributed by atoms with E-state index in [9.17, 15) is 0 Å². The topological polar surface area (TPSA) is 0 Å². The highest BCUT2D eigenvalue weighted by molar-refractivity contribution is 5.30. The molecule has 0 heteroatoms. The van der Waals surface area contributed by atoms with Crippen molar-refractivity contribution in [2.45, 2.75) is 13.3 Å². The summed E-state index contributed by atoms with van der Waals surface area (Å²) in [7, 11) is 0. The van der Waals surface area contributed by atoms with Gasteiger partial charge in [0, 0.05) is 5.92 Å². The van der Waals surface area contributed by atoms with Gasteiger partial charge < -0.3 is 0 Å². The van der Waals surface area contributed by atoms with E-state index >= 15 is 0 Å². The minimum atomic E-state index is 0.523. The SMILES string of the molecule is C=CC1C=CC=C1CC. The lowest BCUT2D eigenvalue weighted by molar-refractivity contribution is 0.909. The molecule has 48 valence electrons. The average Bonchev–Trinajstić information content (AvgIpc) is 2.33. The summed E-state index contributed by atoms with van der Waals surface area (Å²) in [6.07, 6.45) is 9.58. The van der Waals surface area contributed by atoms with Crippen LogP contribution in [-0.4, -0.2) is 0 Å². The molecule has 0 heterocycles. The Morgan fingerprint density at radius 3 is 3.00 bits per heavy atom. The summed E-state index contributed by atoms with van der Waals surface area (Å²) in [6, 6.07) is 0. The average molecular weight is 120 g/mol. The molecule has 0 radical (unpaired) electrons. The maximum absolute atomic E-state index is 3.75. The van der Waals surface area contributed by atoms with Crippen LogP contribution < -0.4 is 0 Å². The Labute approximate surface area is 56.6 Å². The molecule has 0 bridgehead atoms. The molecule has 0 fully saturated rings. The quantitative estimate of drug-likeness (QED) is 0.491. The Bertz CT molecular complexity index is 161. The zero-order valence-electron chi connectivity index (χ0n) is 5.80. The molecule has 9 heavy (non-hydrogen) atoms. The normalized spacial score (nSPS) is 24.1. The summed E-state index contributed by atoms with van der Waals surface area (Å²) in [5.41, 5.74) is 1.48. The van der Waals surface area contributed by atoms with Crippen LogP contribution in [0.5, 0.6) is 0 Å². The molecule has 1 rings (SSSR count). The summed E-state index contributed by atoms with van der Waals surface area (Å²) < 4.78 is 0. The van der Waals surface area contributed by atoms with Gasteiger partial charge in [0.25, 0.3) is 0 Å². The van der Waals surface area contributed by atoms with Gasteiger partial charge in [0.05, 0.1) is 0 Å². The van der Waals surface area contributed by atoms with Crippen molar-refractivity contribution >= 4 is 0 Å². The zero-order valence-corrected chi connectivity index (χ0v) is 5.80. The lowest BCUT2D eigenvalue weighted by Gasteiger charge is -2.03. The third-order valence-electron chi connectivity index (χ3n) is 1.72. The van der Waals surface area contributed by atoms with E-state index in [1.807, 2.05) is 6.08 Å². The van der Waals surface area contributed by atoms with Crippen molar-refractivity contribution in [2.24, 2.45) is 5.92 Å². The lowest BCUT2D eigenvalue weighted by Crippen LogP contribution is -1.90. The first-order valence-electron chi connectivity index (χ1n) is 3.38. The summed E-state index contributed by atoms with van der Waals surface area (Å²) in [6.45, 7) is 5.92. The van der Waals surface area contributed by atoms with Gasteiger partial charge in [0.2, 0.25) is 0 Å². The second-order valence-electron chi connectivity index (χ2n) is 2.24. The van der Waals surface area contributed by atoms with Crippen LogP contribution in [0.15, 0.2) is 36.5 Å². The fourth-order valence-corrected chi connectivity index (χ4v) is 1.12. The molecule has 0 aromatic heterocycles. The van der Waals surface area contributed by atoms with Crippen LogP contribution in [0.2, 0.25) is 0 Å². The summed E-state index contributed by atoms with van der Waals surface area (Å²) in [5.74, 6) is 0.523. The Morgan fingerprint density at radius 1 is 1.78 bits per heavy atom. The molecule has 0 saturated heterocycles. The van der Waals surface area contributed by atoms with Gasteiger partial charge in [0.1, 0.15) is 0 Å². The van der Waals surface area contributed by atoms with E-state index in [1.54, 1.807) is 0 Å². The molecular weight excluding hydrogens is 108 g/mol. The fraction of sp³-hybridized carbons (Fsp3) is 0.333. The summed E-state index contributed by atoms with van der Waals surface area (Å²) in [4.78, 5) is 0. The van der Waals surface area contributed by atoms with Gasteiger partial charge in [-0.3, -0.25) is 0 Å². The molecule has 1 unspecified atom stereocenters. The van der Waals surface area contributed by atoms with Crippen molar-refractivity contribution in [2.75, 3.05) is 0 Å². The van der Waals surface area contributed by atoms with Gasteiger partial charge in [-0.1, -0.05) is 36.8 Å². The van der Waals surface area contributed by atoms with E-state index in [4.69, 9.17) is 0 Å². The Kier molecular flexibility index (Phi) is 1.88. The van der Waals surface area contributed by atoms with Gasteiger partial charge in [0.15, 0.2) is 0 Å². The molecule has 1 aliphatic carbocycles. The third-order valence-corrected chi connectivity index (χ3v) is 1.72. The van der Waals surface area contributed by atoms with Crippen molar-refractivity contribution in [3.63, 3.8) is 0 Å². The van der Waals surface area contributed by atoms with Crippen LogP contribution in [0, 0.1) is 5.92 Å². The maximum atomic E-state index is 3.75. The van der Waals surface area contributed by atoms with E-state index in [1.165, 1.54) is 5.57 Å². The van der Waals surface area contributed by atoms with Crippen LogP contribution in [-0.2, 0) is 0 Å². The van der Waals surface area contributed by atoms with Crippen LogP contribution in [0.25, 0.3) is 0 Å². The Hall–Kier alpha value is -0.780. The van der Waals surface area contributed by atoms with Crippen molar-refractivity contribution in [1.29, 1.82) is 0 Å². The fourth-order valence-electron chi connectivity index (χ4n) is 1.12. The molecule has 0 nitrogen and oxygen atoms in total. The molecule has 0 aromatic carbocycles. The van der Waals surface area contributed by atoms with E-state index < -0.39 is 0 Å². The van der Waals surface area contributed by atoms with E-state index in [0.29, 0.717) is 5.92 Å². The summed E-state index contributed by atoms with van der Waals surface area (Å²) >= 11 is 0. The minimum Gasteiger partial charge on any atom is -0.102 e. The van der Waals surface area contributed by atoms with Gasteiger partial charge in [-0.25, -0.2) is 0 Å². The smallest absolute Gasteiger partial charge is 0.0160 e. The van der Waals surface area contributed by atoms with Crippen LogP contribution in [0.4, 0.5) is 0 Å².